The third-order valence-electron chi connectivity index (χ3n) is 8.83. The Hall–Kier alpha value is -3.51. The number of fused-ring (bicyclic) bond motifs is 1. The van der Waals surface area contributed by atoms with Crippen molar-refractivity contribution in [1.82, 2.24) is 19.6 Å². The normalized spacial score (nSPS) is 24.2. The second-order valence-electron chi connectivity index (χ2n) is 11.8. The number of rotatable bonds is 6. The molecule has 6 rings (SSSR count). The summed E-state index contributed by atoms with van der Waals surface area (Å²) in [5.41, 5.74) is 6.51. The number of alkyl halides is 1. The number of sulfone groups is 1. The van der Waals surface area contributed by atoms with Gasteiger partial charge < -0.3 is 11.1 Å². The van der Waals surface area contributed by atoms with Crippen LogP contribution in [0.1, 0.15) is 62.5 Å². The summed E-state index contributed by atoms with van der Waals surface area (Å²) in [4.78, 5) is 8.68. The van der Waals surface area contributed by atoms with Gasteiger partial charge in [-0.25, -0.2) is 26.6 Å². The quantitative estimate of drug-likeness (QED) is 0.288. The van der Waals surface area contributed by atoms with Crippen molar-refractivity contribution >= 4 is 27.0 Å². The number of anilines is 2. The third-order valence-corrected chi connectivity index (χ3v) is 10.6. The molecular formula is C30H33F3N6O2S. The highest BCUT2D eigenvalue weighted by molar-refractivity contribution is 7.91. The van der Waals surface area contributed by atoms with E-state index in [1.807, 2.05) is 13.0 Å². The van der Waals surface area contributed by atoms with E-state index in [0.29, 0.717) is 42.8 Å². The number of hydrogen-bond donors (Lipinski definition) is 2. The molecule has 0 aliphatic heterocycles. The molecule has 42 heavy (non-hydrogen) atoms. The molecule has 4 aromatic rings. The van der Waals surface area contributed by atoms with Crippen molar-refractivity contribution in [3.8, 4) is 11.3 Å². The van der Waals surface area contributed by atoms with Crippen molar-refractivity contribution in [2.75, 3.05) is 11.6 Å². The van der Waals surface area contributed by atoms with E-state index in [1.165, 1.54) is 16.8 Å². The first-order chi connectivity index (χ1) is 19.9. The van der Waals surface area contributed by atoms with Crippen molar-refractivity contribution < 1.29 is 21.6 Å². The molecule has 1 aromatic carbocycles. The summed E-state index contributed by atoms with van der Waals surface area (Å²) in [6, 6.07) is 6.67. The summed E-state index contributed by atoms with van der Waals surface area (Å²) >= 11 is 0. The zero-order valence-electron chi connectivity index (χ0n) is 23.4. The number of halogens is 3. The van der Waals surface area contributed by atoms with Gasteiger partial charge in [-0.1, -0.05) is 6.92 Å². The van der Waals surface area contributed by atoms with Crippen LogP contribution in [0, 0.1) is 17.6 Å². The monoisotopic (exact) mass is 598 g/mol. The first kappa shape index (κ1) is 28.6. The van der Waals surface area contributed by atoms with Crippen LogP contribution in [-0.4, -0.2) is 45.5 Å². The number of nitrogens with zero attached hydrogens (tertiary/aromatic N) is 4. The summed E-state index contributed by atoms with van der Waals surface area (Å²) in [5, 5.41) is 7.13. The fourth-order valence-electron chi connectivity index (χ4n) is 6.95. The summed E-state index contributed by atoms with van der Waals surface area (Å²) in [6.45, 7) is 1.91. The topological polar surface area (TPSA) is 115 Å². The van der Waals surface area contributed by atoms with Gasteiger partial charge in [0.15, 0.2) is 9.84 Å². The van der Waals surface area contributed by atoms with E-state index < -0.39 is 38.4 Å². The minimum absolute atomic E-state index is 0.0198. The first-order valence-corrected chi connectivity index (χ1v) is 16.1. The summed E-state index contributed by atoms with van der Waals surface area (Å²) < 4.78 is 71.9. The van der Waals surface area contributed by atoms with Crippen molar-refractivity contribution in [3.05, 3.63) is 71.7 Å². The molecule has 2 saturated carbocycles. The van der Waals surface area contributed by atoms with E-state index in [-0.39, 0.29) is 41.5 Å². The van der Waals surface area contributed by atoms with E-state index in [1.54, 1.807) is 24.7 Å². The van der Waals surface area contributed by atoms with Gasteiger partial charge in [0.1, 0.15) is 17.3 Å². The average Bonchev–Trinajstić information content (AvgIpc) is 3.54. The molecule has 2 fully saturated rings. The van der Waals surface area contributed by atoms with Crippen LogP contribution < -0.4 is 11.1 Å². The van der Waals surface area contributed by atoms with Crippen LogP contribution in [0.4, 0.5) is 24.8 Å². The highest BCUT2D eigenvalue weighted by atomic mass is 32.2. The SMILES string of the molecule is CC1CC(c2ccncc2Nc2ncc3ccc(-c4c(F)cc(C5(F)CCCC5)cc4F)nn23)CC(N)C1S(C)(=O)=O. The molecule has 3 aromatic heterocycles. The van der Waals surface area contributed by atoms with Crippen LogP contribution >= 0.6 is 0 Å². The van der Waals surface area contributed by atoms with Gasteiger partial charge in [0.25, 0.3) is 0 Å². The van der Waals surface area contributed by atoms with E-state index in [2.05, 4.69) is 20.4 Å². The van der Waals surface area contributed by atoms with Crippen molar-refractivity contribution in [2.24, 2.45) is 11.7 Å². The predicted octanol–water partition coefficient (Wildman–Crippen LogP) is 5.81. The lowest BCUT2D eigenvalue weighted by molar-refractivity contribution is 0.173. The second-order valence-corrected chi connectivity index (χ2v) is 14.0. The molecule has 2 aliphatic rings. The van der Waals surface area contributed by atoms with Crippen molar-refractivity contribution in [2.45, 2.75) is 68.3 Å². The van der Waals surface area contributed by atoms with Crippen molar-refractivity contribution in [1.29, 1.82) is 0 Å². The maximum absolute atomic E-state index is 15.3. The van der Waals surface area contributed by atoms with E-state index in [9.17, 15) is 8.42 Å². The Kier molecular flexibility index (Phi) is 7.25. The zero-order chi connectivity index (χ0) is 29.8. The molecule has 4 unspecified atom stereocenters. The van der Waals surface area contributed by atoms with E-state index in [4.69, 9.17) is 5.73 Å². The van der Waals surface area contributed by atoms with Gasteiger partial charge in [-0.15, -0.1) is 0 Å². The fraction of sp³-hybridized carbons (Fsp3) is 0.433. The number of nitrogens with two attached hydrogens (primary N) is 1. The fourth-order valence-corrected chi connectivity index (χ4v) is 8.65. The summed E-state index contributed by atoms with van der Waals surface area (Å²) in [5.74, 6) is -1.61. The maximum atomic E-state index is 15.3. The van der Waals surface area contributed by atoms with E-state index in [0.717, 1.165) is 17.7 Å². The van der Waals surface area contributed by atoms with Gasteiger partial charge in [-0.3, -0.25) is 4.98 Å². The second kappa shape index (κ2) is 10.6. The maximum Gasteiger partial charge on any atom is 0.229 e. The molecule has 222 valence electrons. The van der Waals surface area contributed by atoms with Crippen molar-refractivity contribution in [3.63, 3.8) is 0 Å². The number of aromatic nitrogens is 4. The standard InChI is InChI=1S/C30H33F3N6O2S/c1-17-11-18(12-24(34)28(17)42(2,40)41)21-7-10-35-16-26(21)37-29-36-15-20-5-6-25(38-39(20)29)27-22(31)13-19(14-23(27)32)30(33)8-3-4-9-30/h5-7,10,13-18,24,28H,3-4,8-9,11-12,34H2,1-2H3,(H,36,37). The van der Waals surface area contributed by atoms with Crippen LogP contribution in [0.2, 0.25) is 0 Å². The highest BCUT2D eigenvalue weighted by Crippen LogP contribution is 2.44. The molecular weight excluding hydrogens is 565 g/mol. The molecule has 0 radical (unpaired) electrons. The molecule has 0 amide bonds. The Balaban J connectivity index is 1.32. The lowest BCUT2D eigenvalue weighted by Crippen LogP contribution is -2.48. The van der Waals surface area contributed by atoms with Gasteiger partial charge in [0.2, 0.25) is 5.95 Å². The third kappa shape index (κ3) is 5.15. The van der Waals surface area contributed by atoms with Crippen LogP contribution in [-0.2, 0) is 15.5 Å². The smallest absolute Gasteiger partial charge is 0.229 e. The molecule has 3 heterocycles. The number of imidazole rings is 1. The summed E-state index contributed by atoms with van der Waals surface area (Å²) in [7, 11) is -3.30. The lowest BCUT2D eigenvalue weighted by atomic mass is 9.76. The highest BCUT2D eigenvalue weighted by Gasteiger charge is 2.41. The Morgan fingerprint density at radius 3 is 2.45 bits per heavy atom. The molecule has 8 nitrogen and oxygen atoms in total. The molecule has 4 atom stereocenters. The van der Waals surface area contributed by atoms with Gasteiger partial charge in [0, 0.05) is 18.5 Å². The molecule has 12 heteroatoms. The first-order valence-electron chi connectivity index (χ1n) is 14.1. The Morgan fingerprint density at radius 1 is 1.07 bits per heavy atom. The largest absolute Gasteiger partial charge is 0.326 e. The van der Waals surface area contributed by atoms with Gasteiger partial charge in [0.05, 0.1) is 40.1 Å². The van der Waals surface area contributed by atoms with Crippen LogP contribution in [0.5, 0.6) is 0 Å². The van der Waals surface area contributed by atoms with E-state index >= 15 is 13.2 Å². The van der Waals surface area contributed by atoms with Crippen LogP contribution in [0.25, 0.3) is 16.8 Å². The average molecular weight is 599 g/mol. The number of hydrogen-bond acceptors (Lipinski definition) is 7. The Bertz CT molecular complexity index is 1720. The molecule has 0 saturated heterocycles. The van der Waals surface area contributed by atoms with Gasteiger partial charge >= 0.3 is 0 Å². The molecule has 0 bridgehead atoms. The Labute approximate surface area is 242 Å². The predicted molar refractivity (Wildman–Crippen MR) is 155 cm³/mol. The summed E-state index contributed by atoms with van der Waals surface area (Å²) in [6.07, 6.45) is 9.11. The number of benzene rings is 1. The molecule has 3 N–H and O–H groups in total. The van der Waals surface area contributed by atoms with Gasteiger partial charge in [-0.2, -0.15) is 9.61 Å². The molecule has 0 spiro atoms. The van der Waals surface area contributed by atoms with Crippen LogP contribution in [0.15, 0.2) is 48.9 Å². The number of pyridine rings is 1. The zero-order valence-corrected chi connectivity index (χ0v) is 24.2. The van der Waals surface area contributed by atoms with Gasteiger partial charge in [-0.05, 0) is 91.8 Å². The lowest BCUT2D eigenvalue weighted by Gasteiger charge is -2.38. The minimum Gasteiger partial charge on any atom is -0.326 e. The molecule has 2 aliphatic carbocycles. The Morgan fingerprint density at radius 2 is 1.79 bits per heavy atom. The number of nitrogens with one attached hydrogen (secondary N) is 1. The van der Waals surface area contributed by atoms with Crippen LogP contribution in [0.3, 0.4) is 0 Å². The minimum atomic E-state index is -3.30.